The summed E-state index contributed by atoms with van der Waals surface area (Å²) in [6, 6.07) is 6.79. The predicted octanol–water partition coefficient (Wildman–Crippen LogP) is 2.43. The summed E-state index contributed by atoms with van der Waals surface area (Å²) >= 11 is 0. The lowest BCUT2D eigenvalue weighted by molar-refractivity contribution is -0.0194. The molecule has 0 aliphatic heterocycles. The lowest BCUT2D eigenvalue weighted by Gasteiger charge is -2.39. The Morgan fingerprint density at radius 2 is 2.22 bits per heavy atom. The van der Waals surface area contributed by atoms with Gasteiger partial charge >= 0.3 is 0 Å². The first kappa shape index (κ1) is 8.18. The van der Waals surface area contributed by atoms with Crippen molar-refractivity contribution in [2.45, 2.75) is 43.5 Å². The van der Waals surface area contributed by atoms with Crippen molar-refractivity contribution in [3.63, 3.8) is 0 Å². The molecule has 0 spiro atoms. The maximum atomic E-state index is 11.1. The van der Waals surface area contributed by atoms with Gasteiger partial charge in [-0.2, -0.15) is 0 Å². The molecule has 3 atom stereocenters. The molecule has 1 fully saturated rings. The Balaban J connectivity index is 2.45. The number of benzene rings is 1. The smallest absolute Gasteiger partial charge is 0.118 e. The zero-order valence-electron chi connectivity index (χ0n) is 15.5. The van der Waals surface area contributed by atoms with Gasteiger partial charge < -0.3 is 15.6 Å². The van der Waals surface area contributed by atoms with Crippen molar-refractivity contribution >= 4 is 0 Å². The van der Waals surface area contributed by atoms with Crippen molar-refractivity contribution < 1.29 is 16.7 Å². The van der Waals surface area contributed by atoms with Gasteiger partial charge in [-0.25, -0.2) is 0 Å². The molecule has 0 aromatic heterocycles. The predicted molar refractivity (Wildman–Crippen MR) is 72.8 cm³/mol. The minimum absolute atomic E-state index is 0.0123. The monoisotopic (exact) mass is 254 g/mol. The van der Waals surface area contributed by atoms with Crippen LogP contribution in [0.3, 0.4) is 0 Å². The second-order valence-corrected chi connectivity index (χ2v) is 4.50. The summed E-state index contributed by atoms with van der Waals surface area (Å²) in [6.07, 6.45) is -6.20. The molecule has 18 heavy (non-hydrogen) atoms. The summed E-state index contributed by atoms with van der Waals surface area (Å²) in [5.41, 5.74) is 4.46. The van der Waals surface area contributed by atoms with E-state index in [-0.39, 0.29) is 19.4 Å². The van der Waals surface area contributed by atoms with Crippen LogP contribution in [0.5, 0.6) is 5.75 Å². The minimum atomic E-state index is -2.59. The fourth-order valence-corrected chi connectivity index (χ4v) is 2.31. The second kappa shape index (κ2) is 5.72. The zero-order valence-corrected chi connectivity index (χ0v) is 10.5. The van der Waals surface area contributed by atoms with Crippen molar-refractivity contribution in [2.75, 3.05) is 13.7 Å². The van der Waals surface area contributed by atoms with E-state index in [1.807, 2.05) is 0 Å². The molecule has 0 radical (unpaired) electrons. The number of methoxy groups -OCH3 is 1. The molecule has 2 rings (SSSR count). The number of hydrogen-bond donors (Lipinski definition) is 2. The van der Waals surface area contributed by atoms with Gasteiger partial charge in [-0.15, -0.1) is 0 Å². The third-order valence-corrected chi connectivity index (χ3v) is 3.39. The summed E-state index contributed by atoms with van der Waals surface area (Å²) < 4.78 is 45.2. The first-order valence-corrected chi connectivity index (χ1v) is 6.10. The molecule has 0 saturated heterocycles. The molecule has 3 nitrogen and oxygen atoms in total. The molecule has 1 aromatic carbocycles. The van der Waals surface area contributed by atoms with Crippen LogP contribution >= 0.6 is 0 Å². The lowest BCUT2D eigenvalue weighted by atomic mass is 9.73. The summed E-state index contributed by atoms with van der Waals surface area (Å²) in [7, 11) is 1.53. The Labute approximate surface area is 116 Å². The van der Waals surface area contributed by atoms with Crippen molar-refractivity contribution in [2.24, 2.45) is 5.73 Å². The molecule has 0 amide bonds. The van der Waals surface area contributed by atoms with Gasteiger partial charge in [-0.1, -0.05) is 31.3 Å². The molecule has 1 saturated carbocycles. The Bertz CT molecular complexity index is 551. The van der Waals surface area contributed by atoms with E-state index in [1.165, 1.54) is 7.11 Å². The number of hydrogen-bond acceptors (Lipinski definition) is 3. The van der Waals surface area contributed by atoms with Crippen LogP contribution in [0.4, 0.5) is 0 Å². The third kappa shape index (κ3) is 2.68. The number of nitrogens with two attached hydrogens (primary N) is 1. The minimum Gasteiger partial charge on any atom is -0.497 e. The molecule has 3 heteroatoms. The summed E-state index contributed by atoms with van der Waals surface area (Å²) in [5, 5.41) is 11.1. The first-order valence-electron chi connectivity index (χ1n) is 8.68. The van der Waals surface area contributed by atoms with E-state index in [4.69, 9.17) is 17.3 Å². The van der Waals surface area contributed by atoms with E-state index in [2.05, 4.69) is 0 Å². The molecule has 0 heterocycles. The van der Waals surface area contributed by atoms with Crippen LogP contribution in [-0.2, 0) is 0 Å². The highest BCUT2D eigenvalue weighted by molar-refractivity contribution is 5.31. The fraction of sp³-hybridized carbons (Fsp3) is 0.600. The number of ether oxygens (including phenoxy) is 1. The van der Waals surface area contributed by atoms with Gasteiger partial charge in [0, 0.05) is 19.3 Å². The quantitative estimate of drug-likeness (QED) is 0.867. The number of aliphatic hydroxyl groups is 1. The highest BCUT2D eigenvalue weighted by atomic mass is 16.5. The zero-order chi connectivity index (χ0) is 17.5. The van der Waals surface area contributed by atoms with Gasteiger partial charge in [0.2, 0.25) is 0 Å². The maximum absolute atomic E-state index is 11.1. The highest BCUT2D eigenvalue weighted by Gasteiger charge is 2.37. The van der Waals surface area contributed by atoms with Crippen molar-refractivity contribution in [1.82, 2.24) is 0 Å². The average Bonchev–Trinajstić information content (AvgIpc) is 2.52. The highest BCUT2D eigenvalue weighted by Crippen LogP contribution is 2.39. The van der Waals surface area contributed by atoms with Crippen LogP contribution in [0.15, 0.2) is 24.3 Å². The maximum Gasteiger partial charge on any atom is 0.118 e. The third-order valence-electron chi connectivity index (χ3n) is 3.39. The molecule has 3 N–H and O–H groups in total. The van der Waals surface area contributed by atoms with Gasteiger partial charge in [-0.3, -0.25) is 0 Å². The van der Waals surface area contributed by atoms with Crippen molar-refractivity contribution in [3.8, 4) is 5.75 Å². The van der Waals surface area contributed by atoms with Crippen LogP contribution in [0, 0.1) is 0 Å². The van der Waals surface area contributed by atoms with Crippen molar-refractivity contribution in [1.29, 1.82) is 0 Å². The topological polar surface area (TPSA) is 55.5 Å². The Morgan fingerprint density at radius 1 is 1.50 bits per heavy atom. The molecule has 1 aliphatic rings. The normalized spacial score (nSPS) is 39.5. The summed E-state index contributed by atoms with van der Waals surface area (Å²) in [6.45, 7) is -0.0267. The van der Waals surface area contributed by atoms with Crippen molar-refractivity contribution in [3.05, 3.63) is 29.8 Å². The SMILES string of the molecule is [2H]C1CCC(O)(C(CN)c2ccc(OC)cc2)C([2H])([2H])C1([2H])[2H]. The Kier molecular flexibility index (Phi) is 2.60. The molecular formula is C15H23NO2. The Hall–Kier alpha value is -1.06. The van der Waals surface area contributed by atoms with Gasteiger partial charge in [0.05, 0.1) is 12.7 Å². The van der Waals surface area contributed by atoms with Crippen LogP contribution in [0.2, 0.25) is 0 Å². The molecule has 100 valence electrons. The second-order valence-electron chi connectivity index (χ2n) is 4.50. The van der Waals surface area contributed by atoms with E-state index in [1.54, 1.807) is 24.3 Å². The van der Waals surface area contributed by atoms with E-state index in [9.17, 15) is 5.11 Å². The lowest BCUT2D eigenvalue weighted by Crippen LogP contribution is -2.41. The van der Waals surface area contributed by atoms with Crippen LogP contribution in [0.1, 0.15) is 50.3 Å². The number of rotatable bonds is 4. The Morgan fingerprint density at radius 3 is 2.83 bits per heavy atom. The van der Waals surface area contributed by atoms with E-state index in [0.717, 1.165) is 0 Å². The molecule has 1 aliphatic carbocycles. The van der Waals surface area contributed by atoms with Gasteiger partial charge in [-0.05, 0) is 30.5 Å². The summed E-state index contributed by atoms with van der Waals surface area (Å²) in [5.74, 6) is -0.143. The van der Waals surface area contributed by atoms with Crippen LogP contribution < -0.4 is 10.5 Å². The standard InChI is InChI=1S/C15H23NO2/c1-18-13-7-5-12(6-8-13)14(11-16)15(17)9-3-2-4-10-15/h5-8,14,17H,2-4,9-11,16H2,1H3/i2D,3D2,9D2. The largest absolute Gasteiger partial charge is 0.497 e. The van der Waals surface area contributed by atoms with Crippen LogP contribution in [0.25, 0.3) is 0 Å². The van der Waals surface area contributed by atoms with E-state index >= 15 is 0 Å². The van der Waals surface area contributed by atoms with Gasteiger partial charge in [0.15, 0.2) is 0 Å². The fourth-order valence-electron chi connectivity index (χ4n) is 2.31. The molecule has 3 unspecified atom stereocenters. The first-order chi connectivity index (χ1) is 10.6. The molecule has 1 aromatic rings. The van der Waals surface area contributed by atoms with Gasteiger partial charge in [0.1, 0.15) is 5.75 Å². The average molecular weight is 254 g/mol. The molecular weight excluding hydrogens is 226 g/mol. The van der Waals surface area contributed by atoms with Gasteiger partial charge in [0.25, 0.3) is 0 Å². The van der Waals surface area contributed by atoms with Crippen LogP contribution in [-0.4, -0.2) is 24.4 Å². The summed E-state index contributed by atoms with van der Waals surface area (Å²) in [4.78, 5) is 0. The van der Waals surface area contributed by atoms with E-state index < -0.39 is 30.7 Å². The van der Waals surface area contributed by atoms with E-state index in [0.29, 0.717) is 11.3 Å². The molecule has 0 bridgehead atoms.